The van der Waals surface area contributed by atoms with Gasteiger partial charge in [-0.2, -0.15) is 5.26 Å². The number of rotatable bonds is 6. The first-order valence-corrected chi connectivity index (χ1v) is 6.75. The molecule has 0 bridgehead atoms. The number of nitrogens with zero attached hydrogens (tertiary/aromatic N) is 1. The summed E-state index contributed by atoms with van der Waals surface area (Å²) in [4.78, 5) is 0. The Morgan fingerprint density at radius 2 is 1.94 bits per heavy atom. The van der Waals surface area contributed by atoms with Crippen LogP contribution in [-0.4, -0.2) is 18.8 Å². The number of nitriles is 1. The number of nitrogens with two attached hydrogens (primary N) is 1. The molecular formula is C14H26N2O. The summed E-state index contributed by atoms with van der Waals surface area (Å²) >= 11 is 0. The molecule has 0 unspecified atom stereocenters. The molecule has 17 heavy (non-hydrogen) atoms. The summed E-state index contributed by atoms with van der Waals surface area (Å²) in [6.45, 7) is 5.35. The van der Waals surface area contributed by atoms with E-state index in [2.05, 4.69) is 6.07 Å². The number of hydrogen-bond donors (Lipinski definition) is 1. The van der Waals surface area contributed by atoms with Gasteiger partial charge in [-0.25, -0.2) is 0 Å². The predicted molar refractivity (Wildman–Crippen MR) is 69.5 cm³/mol. The van der Waals surface area contributed by atoms with Crippen molar-refractivity contribution in [1.82, 2.24) is 0 Å². The van der Waals surface area contributed by atoms with Crippen LogP contribution in [0.15, 0.2) is 0 Å². The average molecular weight is 238 g/mol. The van der Waals surface area contributed by atoms with E-state index in [0.29, 0.717) is 6.61 Å². The molecule has 0 heterocycles. The van der Waals surface area contributed by atoms with Crippen LogP contribution in [0.1, 0.15) is 58.8 Å². The first-order chi connectivity index (χ1) is 7.97. The zero-order valence-electron chi connectivity index (χ0n) is 11.3. The smallest absolute Gasteiger partial charge is 0.0683 e. The van der Waals surface area contributed by atoms with Crippen LogP contribution >= 0.6 is 0 Å². The first-order valence-electron chi connectivity index (χ1n) is 6.75. The third-order valence-electron chi connectivity index (χ3n) is 3.63. The van der Waals surface area contributed by atoms with E-state index >= 15 is 0 Å². The third kappa shape index (κ3) is 5.52. The summed E-state index contributed by atoms with van der Waals surface area (Å²) in [6, 6.07) is 2.31. The molecule has 1 rings (SSSR count). The fourth-order valence-corrected chi connectivity index (χ4v) is 2.35. The topological polar surface area (TPSA) is 59.0 Å². The van der Waals surface area contributed by atoms with Gasteiger partial charge in [-0.3, -0.25) is 0 Å². The first kappa shape index (κ1) is 14.5. The molecule has 0 aromatic rings. The van der Waals surface area contributed by atoms with Crippen LogP contribution in [0.5, 0.6) is 0 Å². The average Bonchev–Trinajstić information content (AvgIpc) is 2.29. The minimum absolute atomic E-state index is 0.0804. The molecule has 0 spiro atoms. The highest BCUT2D eigenvalue weighted by Crippen LogP contribution is 2.26. The maximum Gasteiger partial charge on any atom is 0.0683 e. The molecule has 1 saturated carbocycles. The second-order valence-corrected chi connectivity index (χ2v) is 6.07. The van der Waals surface area contributed by atoms with Crippen LogP contribution in [0.25, 0.3) is 0 Å². The lowest BCUT2D eigenvalue weighted by atomic mass is 9.83. The molecule has 2 N–H and O–H groups in total. The van der Waals surface area contributed by atoms with E-state index in [4.69, 9.17) is 15.7 Å². The van der Waals surface area contributed by atoms with Crippen LogP contribution in [0.4, 0.5) is 0 Å². The summed E-state index contributed by atoms with van der Waals surface area (Å²) in [5, 5.41) is 8.88. The van der Waals surface area contributed by atoms with Crippen molar-refractivity contribution in [3.8, 4) is 6.07 Å². The highest BCUT2D eigenvalue weighted by Gasteiger charge is 2.27. The van der Waals surface area contributed by atoms with Crippen LogP contribution < -0.4 is 5.73 Å². The van der Waals surface area contributed by atoms with E-state index in [-0.39, 0.29) is 11.0 Å². The zero-order chi connectivity index (χ0) is 12.8. The molecule has 0 aliphatic heterocycles. The number of hydrogen-bond acceptors (Lipinski definition) is 3. The Hall–Kier alpha value is -0.590. The van der Waals surface area contributed by atoms with Gasteiger partial charge in [-0.05, 0) is 39.5 Å². The minimum Gasteiger partial charge on any atom is -0.380 e. The normalized spacial score (nSPS) is 19.9. The SMILES string of the molecule is CC(C)(C#N)CCCOCC1(N)CCCCC1. The maximum absolute atomic E-state index is 8.88. The summed E-state index contributed by atoms with van der Waals surface area (Å²) in [5.74, 6) is 0. The largest absolute Gasteiger partial charge is 0.380 e. The summed E-state index contributed by atoms with van der Waals surface area (Å²) in [7, 11) is 0. The molecule has 0 aromatic heterocycles. The van der Waals surface area contributed by atoms with Crippen molar-refractivity contribution in [3.05, 3.63) is 0 Å². The summed E-state index contributed by atoms with van der Waals surface area (Å²) < 4.78 is 5.68. The molecule has 3 heteroatoms. The molecule has 98 valence electrons. The lowest BCUT2D eigenvalue weighted by molar-refractivity contribution is 0.0631. The van der Waals surface area contributed by atoms with Crippen molar-refractivity contribution in [1.29, 1.82) is 5.26 Å². The Kier molecular flexibility index (Phi) is 5.42. The van der Waals surface area contributed by atoms with Crippen LogP contribution in [-0.2, 0) is 4.74 Å². The van der Waals surface area contributed by atoms with E-state index in [0.717, 1.165) is 32.3 Å². The van der Waals surface area contributed by atoms with E-state index in [9.17, 15) is 0 Å². The number of ether oxygens (including phenoxy) is 1. The Labute approximate surface area is 105 Å². The van der Waals surface area contributed by atoms with E-state index < -0.39 is 0 Å². The molecule has 0 amide bonds. The van der Waals surface area contributed by atoms with Gasteiger partial charge < -0.3 is 10.5 Å². The Morgan fingerprint density at radius 1 is 1.29 bits per heavy atom. The standard InChI is InChI=1S/C14H26N2O/c1-13(2,11-15)7-6-10-17-12-14(16)8-4-3-5-9-14/h3-10,12,16H2,1-2H3. The highest BCUT2D eigenvalue weighted by molar-refractivity contribution is 4.91. The second-order valence-electron chi connectivity index (χ2n) is 6.07. The second kappa shape index (κ2) is 6.37. The van der Waals surface area contributed by atoms with Gasteiger partial charge in [-0.15, -0.1) is 0 Å². The van der Waals surface area contributed by atoms with Crippen molar-refractivity contribution in [2.75, 3.05) is 13.2 Å². The van der Waals surface area contributed by atoms with Gasteiger partial charge in [0.1, 0.15) is 0 Å². The van der Waals surface area contributed by atoms with E-state index in [1.807, 2.05) is 13.8 Å². The minimum atomic E-state index is -0.228. The Bertz CT molecular complexity index is 262. The molecular weight excluding hydrogens is 212 g/mol. The monoisotopic (exact) mass is 238 g/mol. The van der Waals surface area contributed by atoms with Gasteiger partial charge in [0.25, 0.3) is 0 Å². The van der Waals surface area contributed by atoms with Crippen molar-refractivity contribution < 1.29 is 4.74 Å². The molecule has 0 saturated heterocycles. The molecule has 1 fully saturated rings. The van der Waals surface area contributed by atoms with Gasteiger partial charge in [0.15, 0.2) is 0 Å². The van der Waals surface area contributed by atoms with Crippen molar-refractivity contribution in [2.45, 2.75) is 64.3 Å². The van der Waals surface area contributed by atoms with Gasteiger partial charge in [-0.1, -0.05) is 19.3 Å². The van der Waals surface area contributed by atoms with Crippen LogP contribution in [0, 0.1) is 16.7 Å². The molecule has 1 aliphatic carbocycles. The van der Waals surface area contributed by atoms with E-state index in [1.54, 1.807) is 0 Å². The lowest BCUT2D eigenvalue weighted by Gasteiger charge is -2.33. The van der Waals surface area contributed by atoms with Crippen molar-refractivity contribution in [2.24, 2.45) is 11.1 Å². The van der Waals surface area contributed by atoms with Gasteiger partial charge in [0, 0.05) is 12.1 Å². The molecule has 0 atom stereocenters. The third-order valence-corrected chi connectivity index (χ3v) is 3.63. The maximum atomic E-state index is 8.88. The van der Waals surface area contributed by atoms with E-state index in [1.165, 1.54) is 19.3 Å². The zero-order valence-corrected chi connectivity index (χ0v) is 11.3. The van der Waals surface area contributed by atoms with Gasteiger partial charge in [0.2, 0.25) is 0 Å². The van der Waals surface area contributed by atoms with Gasteiger partial charge >= 0.3 is 0 Å². The summed E-state index contributed by atoms with van der Waals surface area (Å²) in [5.41, 5.74) is 5.97. The molecule has 0 aromatic carbocycles. The van der Waals surface area contributed by atoms with Crippen molar-refractivity contribution >= 4 is 0 Å². The quantitative estimate of drug-likeness (QED) is 0.724. The molecule has 1 aliphatic rings. The summed E-state index contributed by atoms with van der Waals surface area (Å²) in [6.07, 6.45) is 7.81. The fraction of sp³-hybridized carbons (Fsp3) is 0.929. The van der Waals surface area contributed by atoms with Crippen LogP contribution in [0.2, 0.25) is 0 Å². The van der Waals surface area contributed by atoms with Crippen LogP contribution in [0.3, 0.4) is 0 Å². The molecule has 0 radical (unpaired) electrons. The highest BCUT2D eigenvalue weighted by atomic mass is 16.5. The Morgan fingerprint density at radius 3 is 2.53 bits per heavy atom. The van der Waals surface area contributed by atoms with Crippen molar-refractivity contribution in [3.63, 3.8) is 0 Å². The Balaban J connectivity index is 2.10. The molecule has 3 nitrogen and oxygen atoms in total. The predicted octanol–water partition coefficient (Wildman–Crippen LogP) is 2.99. The fourth-order valence-electron chi connectivity index (χ4n) is 2.35. The lowest BCUT2D eigenvalue weighted by Crippen LogP contribution is -2.46. The van der Waals surface area contributed by atoms with Gasteiger partial charge in [0.05, 0.1) is 18.1 Å².